The predicted octanol–water partition coefficient (Wildman–Crippen LogP) is 2.85. The van der Waals surface area contributed by atoms with Crippen molar-refractivity contribution in [3.63, 3.8) is 0 Å². The molecule has 1 aromatic rings. The number of methoxy groups -OCH3 is 1. The Hall–Kier alpha value is -1.76. The number of hydrogen-bond acceptors (Lipinski definition) is 3. The third kappa shape index (κ3) is 4.60. The molecule has 0 aromatic heterocycles. The first-order valence-electron chi connectivity index (χ1n) is 7.58. The molecule has 0 spiro atoms. The number of amides is 1. The lowest BCUT2D eigenvalue weighted by Gasteiger charge is -2.25. The molecule has 0 radical (unpaired) electrons. The number of hydrogen-bond donors (Lipinski definition) is 2. The third-order valence-corrected chi connectivity index (χ3v) is 4.22. The number of rotatable bonds is 4. The van der Waals surface area contributed by atoms with Crippen LogP contribution in [-0.4, -0.2) is 19.1 Å². The summed E-state index contributed by atoms with van der Waals surface area (Å²) >= 11 is 0. The molecule has 2 rings (SSSR count). The van der Waals surface area contributed by atoms with Gasteiger partial charge in [-0.05, 0) is 43.4 Å². The Balaban J connectivity index is 2.04. The molecule has 1 aliphatic rings. The van der Waals surface area contributed by atoms with Crippen molar-refractivity contribution in [1.29, 1.82) is 0 Å². The quantitative estimate of drug-likeness (QED) is 0.892. The number of ether oxygens (including phenoxy) is 1. The lowest BCUT2D eigenvalue weighted by atomic mass is 9.86. The molecular weight excluding hydrogens is 309 g/mol. The summed E-state index contributed by atoms with van der Waals surface area (Å²) in [6.45, 7) is -0.153. The van der Waals surface area contributed by atoms with E-state index in [1.807, 2.05) is 0 Å². The van der Waals surface area contributed by atoms with Crippen LogP contribution < -0.4 is 15.8 Å². The first-order chi connectivity index (χ1) is 10.8. The number of halogens is 3. The summed E-state index contributed by atoms with van der Waals surface area (Å²) in [6.07, 6.45) is -1.58. The van der Waals surface area contributed by atoms with Crippen LogP contribution in [0.25, 0.3) is 0 Å². The van der Waals surface area contributed by atoms with E-state index >= 15 is 0 Å². The zero-order chi connectivity index (χ0) is 17.0. The van der Waals surface area contributed by atoms with E-state index in [1.165, 1.54) is 19.2 Å². The first-order valence-corrected chi connectivity index (χ1v) is 7.58. The molecule has 1 amide bonds. The van der Waals surface area contributed by atoms with E-state index in [0.29, 0.717) is 12.8 Å². The fourth-order valence-electron chi connectivity index (χ4n) is 2.81. The van der Waals surface area contributed by atoms with Gasteiger partial charge in [0.1, 0.15) is 5.75 Å². The highest BCUT2D eigenvalue weighted by Crippen LogP contribution is 2.34. The average Bonchev–Trinajstić information content (AvgIpc) is 2.52. The zero-order valence-electron chi connectivity index (χ0n) is 13.0. The van der Waals surface area contributed by atoms with Gasteiger partial charge in [0.25, 0.3) is 0 Å². The van der Waals surface area contributed by atoms with Crippen LogP contribution in [0.5, 0.6) is 5.75 Å². The molecule has 0 aliphatic heterocycles. The maximum atomic E-state index is 13.1. The van der Waals surface area contributed by atoms with Gasteiger partial charge in [0, 0.05) is 18.5 Å². The lowest BCUT2D eigenvalue weighted by Crippen LogP contribution is -2.36. The molecule has 1 saturated carbocycles. The molecule has 0 unspecified atom stereocenters. The van der Waals surface area contributed by atoms with E-state index in [1.54, 1.807) is 0 Å². The van der Waals surface area contributed by atoms with Crippen LogP contribution in [-0.2, 0) is 17.5 Å². The van der Waals surface area contributed by atoms with Gasteiger partial charge >= 0.3 is 6.18 Å². The number of carbonyl (C=O) groups is 1. The van der Waals surface area contributed by atoms with E-state index in [2.05, 4.69) is 5.32 Å². The highest BCUT2D eigenvalue weighted by atomic mass is 19.4. The molecule has 1 fully saturated rings. The van der Waals surface area contributed by atoms with Crippen molar-refractivity contribution < 1.29 is 22.7 Å². The van der Waals surface area contributed by atoms with E-state index in [9.17, 15) is 18.0 Å². The van der Waals surface area contributed by atoms with Gasteiger partial charge in [0.2, 0.25) is 5.91 Å². The maximum Gasteiger partial charge on any atom is 0.416 e. The summed E-state index contributed by atoms with van der Waals surface area (Å²) in [4.78, 5) is 12.1. The fraction of sp³-hybridized carbons (Fsp3) is 0.562. The second kappa shape index (κ2) is 7.21. The molecule has 7 heteroatoms. The standard InChI is InChI=1S/C16H21F3N2O2/c1-23-13-7-4-11(14(8-13)16(17,18)19)9-21-15(22)10-2-5-12(20)6-3-10/h4,7-8,10,12H,2-3,5-6,9,20H2,1H3,(H,21,22)/t10-,12+. The smallest absolute Gasteiger partial charge is 0.416 e. The van der Waals surface area contributed by atoms with Crippen molar-refractivity contribution in [3.8, 4) is 5.75 Å². The number of nitrogens with one attached hydrogen (secondary N) is 1. The Morgan fingerprint density at radius 3 is 2.52 bits per heavy atom. The Bertz CT molecular complexity index is 553. The molecular formula is C16H21F3N2O2. The van der Waals surface area contributed by atoms with Crippen molar-refractivity contribution >= 4 is 5.91 Å². The van der Waals surface area contributed by atoms with E-state index < -0.39 is 11.7 Å². The Labute approximate surface area is 133 Å². The van der Waals surface area contributed by atoms with E-state index in [-0.39, 0.29) is 35.7 Å². The first kappa shape index (κ1) is 17.6. The van der Waals surface area contributed by atoms with Crippen LogP contribution in [0.1, 0.15) is 36.8 Å². The number of nitrogens with two attached hydrogens (primary N) is 1. The van der Waals surface area contributed by atoms with Crippen molar-refractivity contribution in [1.82, 2.24) is 5.32 Å². The number of carbonyl (C=O) groups excluding carboxylic acids is 1. The maximum absolute atomic E-state index is 13.1. The average molecular weight is 330 g/mol. The molecule has 0 atom stereocenters. The summed E-state index contributed by atoms with van der Waals surface area (Å²) in [7, 11) is 1.31. The molecule has 1 aromatic carbocycles. The topological polar surface area (TPSA) is 64.3 Å². The summed E-state index contributed by atoms with van der Waals surface area (Å²) in [6, 6.07) is 3.85. The molecule has 128 valence electrons. The van der Waals surface area contributed by atoms with Crippen LogP contribution in [0.3, 0.4) is 0 Å². The molecule has 3 N–H and O–H groups in total. The SMILES string of the molecule is COc1ccc(CNC(=O)[C@H]2CC[C@@H](N)CC2)c(C(F)(F)F)c1. The van der Waals surface area contributed by atoms with E-state index in [4.69, 9.17) is 10.5 Å². The second-order valence-corrected chi connectivity index (χ2v) is 5.85. The van der Waals surface area contributed by atoms with Gasteiger partial charge in [-0.15, -0.1) is 0 Å². The minimum atomic E-state index is -4.49. The van der Waals surface area contributed by atoms with Crippen molar-refractivity contribution in [2.45, 2.75) is 44.4 Å². The van der Waals surface area contributed by atoms with Gasteiger partial charge in [0.15, 0.2) is 0 Å². The van der Waals surface area contributed by atoms with Gasteiger partial charge < -0.3 is 15.8 Å². The monoisotopic (exact) mass is 330 g/mol. The van der Waals surface area contributed by atoms with Gasteiger partial charge in [-0.3, -0.25) is 4.79 Å². The summed E-state index contributed by atoms with van der Waals surface area (Å²) in [5.41, 5.74) is 5.03. The van der Waals surface area contributed by atoms with Crippen molar-refractivity contribution in [2.24, 2.45) is 11.7 Å². The summed E-state index contributed by atoms with van der Waals surface area (Å²) in [5.74, 6) is -0.239. The van der Waals surface area contributed by atoms with Gasteiger partial charge in [0.05, 0.1) is 12.7 Å². The van der Waals surface area contributed by atoms with E-state index in [0.717, 1.165) is 18.9 Å². The van der Waals surface area contributed by atoms with Gasteiger partial charge in [-0.1, -0.05) is 6.07 Å². The summed E-state index contributed by atoms with van der Waals surface area (Å²) in [5, 5.41) is 2.61. The van der Waals surface area contributed by atoms with Crippen LogP contribution >= 0.6 is 0 Å². The molecule has 1 aliphatic carbocycles. The highest BCUT2D eigenvalue weighted by molar-refractivity contribution is 5.78. The molecule has 0 bridgehead atoms. The Morgan fingerprint density at radius 1 is 1.30 bits per heavy atom. The van der Waals surface area contributed by atoms with Crippen LogP contribution in [0.15, 0.2) is 18.2 Å². The fourth-order valence-corrected chi connectivity index (χ4v) is 2.81. The minimum Gasteiger partial charge on any atom is -0.497 e. The van der Waals surface area contributed by atoms with Gasteiger partial charge in [-0.2, -0.15) is 13.2 Å². The Morgan fingerprint density at radius 2 is 1.96 bits per heavy atom. The Kier molecular flexibility index (Phi) is 5.51. The molecule has 4 nitrogen and oxygen atoms in total. The highest BCUT2D eigenvalue weighted by Gasteiger charge is 2.34. The van der Waals surface area contributed by atoms with Crippen LogP contribution in [0, 0.1) is 5.92 Å². The largest absolute Gasteiger partial charge is 0.497 e. The number of alkyl halides is 3. The minimum absolute atomic E-state index is 0.0270. The predicted molar refractivity (Wildman–Crippen MR) is 79.8 cm³/mol. The number of benzene rings is 1. The molecule has 23 heavy (non-hydrogen) atoms. The zero-order valence-corrected chi connectivity index (χ0v) is 13.0. The molecule has 0 saturated heterocycles. The van der Waals surface area contributed by atoms with Gasteiger partial charge in [-0.25, -0.2) is 0 Å². The second-order valence-electron chi connectivity index (χ2n) is 5.85. The van der Waals surface area contributed by atoms with Crippen molar-refractivity contribution in [2.75, 3.05) is 7.11 Å². The van der Waals surface area contributed by atoms with Crippen LogP contribution in [0.2, 0.25) is 0 Å². The summed E-state index contributed by atoms with van der Waals surface area (Å²) < 4.78 is 44.2. The van der Waals surface area contributed by atoms with Crippen LogP contribution in [0.4, 0.5) is 13.2 Å². The normalized spacial score (nSPS) is 21.8. The lowest BCUT2D eigenvalue weighted by molar-refractivity contribution is -0.138. The van der Waals surface area contributed by atoms with Crippen molar-refractivity contribution in [3.05, 3.63) is 29.3 Å². The third-order valence-electron chi connectivity index (χ3n) is 4.22. The molecule has 0 heterocycles.